The molecule has 0 unspecified atom stereocenters. The highest BCUT2D eigenvalue weighted by atomic mass is 19.4. The van der Waals surface area contributed by atoms with Gasteiger partial charge in [-0.05, 0) is 29.8 Å². The first kappa shape index (κ1) is 26.1. The summed E-state index contributed by atoms with van der Waals surface area (Å²) in [6.07, 6.45) is -4.36. The fourth-order valence-corrected chi connectivity index (χ4v) is 3.79. The molecule has 1 N–H and O–H groups in total. The first-order chi connectivity index (χ1) is 16.7. The molecule has 1 aliphatic rings. The second-order valence-electron chi connectivity index (χ2n) is 7.95. The Hall–Kier alpha value is -3.47. The van der Waals surface area contributed by atoms with Crippen molar-refractivity contribution in [1.29, 1.82) is 0 Å². The minimum atomic E-state index is -4.36. The predicted octanol–water partition coefficient (Wildman–Crippen LogP) is 2.81. The summed E-state index contributed by atoms with van der Waals surface area (Å²) >= 11 is 0. The smallest absolute Gasteiger partial charge is 0.416 e. The number of alkyl halides is 3. The summed E-state index contributed by atoms with van der Waals surface area (Å²) in [5.74, 6) is 0.329. The highest BCUT2D eigenvalue weighted by Crippen LogP contribution is 2.38. The van der Waals surface area contributed by atoms with E-state index in [0.29, 0.717) is 50.0 Å². The van der Waals surface area contributed by atoms with Gasteiger partial charge in [-0.3, -0.25) is 14.5 Å². The topological polar surface area (TPSA) is 80.3 Å². The summed E-state index contributed by atoms with van der Waals surface area (Å²) in [6.45, 7) is 2.40. The van der Waals surface area contributed by atoms with Crippen molar-refractivity contribution in [2.45, 2.75) is 12.7 Å². The van der Waals surface area contributed by atoms with Crippen LogP contribution >= 0.6 is 0 Å². The van der Waals surface area contributed by atoms with E-state index in [9.17, 15) is 22.8 Å². The average molecular weight is 495 g/mol. The Bertz CT molecular complexity index is 1010. The van der Waals surface area contributed by atoms with Crippen molar-refractivity contribution >= 4 is 11.8 Å². The molecular formula is C24H28F3N3O5. The van der Waals surface area contributed by atoms with Crippen LogP contribution in [0.1, 0.15) is 21.5 Å². The number of halogens is 3. The van der Waals surface area contributed by atoms with E-state index in [2.05, 4.69) is 10.2 Å². The van der Waals surface area contributed by atoms with Crippen LogP contribution < -0.4 is 19.5 Å². The van der Waals surface area contributed by atoms with E-state index in [1.54, 1.807) is 4.90 Å². The van der Waals surface area contributed by atoms with Gasteiger partial charge in [0.1, 0.15) is 0 Å². The molecule has 11 heteroatoms. The zero-order valence-corrected chi connectivity index (χ0v) is 19.8. The number of nitrogens with one attached hydrogen (secondary N) is 1. The lowest BCUT2D eigenvalue weighted by Crippen LogP contribution is -2.50. The molecule has 1 heterocycles. The molecule has 0 atom stereocenters. The molecule has 0 saturated carbocycles. The Morgan fingerprint density at radius 2 is 1.49 bits per heavy atom. The number of ether oxygens (including phenoxy) is 3. The van der Waals surface area contributed by atoms with Gasteiger partial charge in [-0.2, -0.15) is 13.2 Å². The second-order valence-corrected chi connectivity index (χ2v) is 7.95. The number of amides is 2. The molecule has 0 aliphatic carbocycles. The van der Waals surface area contributed by atoms with Crippen molar-refractivity contribution in [3.63, 3.8) is 0 Å². The number of rotatable bonds is 8. The largest absolute Gasteiger partial charge is 0.493 e. The molecule has 0 spiro atoms. The van der Waals surface area contributed by atoms with Gasteiger partial charge in [-0.15, -0.1) is 0 Å². The quantitative estimate of drug-likeness (QED) is 0.607. The third kappa shape index (κ3) is 6.56. The fraction of sp³-hybridized carbons (Fsp3) is 0.417. The van der Waals surface area contributed by atoms with Gasteiger partial charge in [0.2, 0.25) is 11.7 Å². The predicted molar refractivity (Wildman–Crippen MR) is 122 cm³/mol. The number of benzene rings is 2. The van der Waals surface area contributed by atoms with Gasteiger partial charge in [0, 0.05) is 38.3 Å². The van der Waals surface area contributed by atoms with Crippen LogP contribution in [0.15, 0.2) is 36.4 Å². The van der Waals surface area contributed by atoms with Crippen LogP contribution in [0.2, 0.25) is 0 Å². The molecule has 2 aromatic carbocycles. The number of piperazine rings is 1. The van der Waals surface area contributed by atoms with E-state index in [1.165, 1.54) is 45.6 Å². The molecule has 35 heavy (non-hydrogen) atoms. The van der Waals surface area contributed by atoms with Gasteiger partial charge in [-0.25, -0.2) is 0 Å². The van der Waals surface area contributed by atoms with Gasteiger partial charge < -0.3 is 24.4 Å². The molecular weight excluding hydrogens is 467 g/mol. The first-order valence-electron chi connectivity index (χ1n) is 10.9. The van der Waals surface area contributed by atoms with Crippen LogP contribution in [0.4, 0.5) is 13.2 Å². The van der Waals surface area contributed by atoms with Gasteiger partial charge in [0.15, 0.2) is 11.5 Å². The molecule has 1 saturated heterocycles. The van der Waals surface area contributed by atoms with E-state index in [-0.39, 0.29) is 18.0 Å². The Labute approximate surface area is 201 Å². The number of carbonyl (C=O) groups excluding carboxylic acids is 2. The first-order valence-corrected chi connectivity index (χ1v) is 10.9. The van der Waals surface area contributed by atoms with Gasteiger partial charge >= 0.3 is 6.18 Å². The number of hydrogen-bond acceptors (Lipinski definition) is 6. The number of methoxy groups -OCH3 is 3. The molecule has 2 amide bonds. The van der Waals surface area contributed by atoms with E-state index in [0.717, 1.165) is 17.7 Å². The number of nitrogens with zero attached hydrogens (tertiary/aromatic N) is 2. The van der Waals surface area contributed by atoms with Crippen LogP contribution in [-0.4, -0.2) is 75.7 Å². The van der Waals surface area contributed by atoms with Crippen molar-refractivity contribution in [2.75, 3.05) is 54.1 Å². The summed E-state index contributed by atoms with van der Waals surface area (Å²) in [6, 6.07) is 8.10. The van der Waals surface area contributed by atoms with Crippen molar-refractivity contribution in [2.24, 2.45) is 0 Å². The molecule has 2 aromatic rings. The van der Waals surface area contributed by atoms with E-state index in [1.807, 2.05) is 0 Å². The molecule has 1 aliphatic heterocycles. The Kier molecular flexibility index (Phi) is 8.44. The molecule has 0 aromatic heterocycles. The Morgan fingerprint density at radius 1 is 0.914 bits per heavy atom. The lowest BCUT2D eigenvalue weighted by Gasteiger charge is -2.34. The lowest BCUT2D eigenvalue weighted by atomic mass is 10.1. The standard InChI is InChI=1S/C24H28F3N3O5/c1-33-19-12-17(13-20(34-2)22(19)35-3)23(32)28-14-21(31)30-10-8-29(9-11-30)15-16-4-6-18(7-5-16)24(25,26)27/h4-7,12-13H,8-11,14-15H2,1-3H3,(H,28,32). The van der Waals surface area contributed by atoms with Crippen molar-refractivity contribution < 1.29 is 37.0 Å². The van der Waals surface area contributed by atoms with Crippen molar-refractivity contribution in [1.82, 2.24) is 15.1 Å². The average Bonchev–Trinajstić information content (AvgIpc) is 2.86. The second kappa shape index (κ2) is 11.3. The minimum Gasteiger partial charge on any atom is -0.493 e. The Morgan fingerprint density at radius 3 is 1.97 bits per heavy atom. The Balaban J connectivity index is 1.49. The third-order valence-electron chi connectivity index (χ3n) is 5.74. The van der Waals surface area contributed by atoms with E-state index >= 15 is 0 Å². The van der Waals surface area contributed by atoms with Gasteiger partial charge in [0.05, 0.1) is 33.4 Å². The normalized spacial score (nSPS) is 14.4. The zero-order chi connectivity index (χ0) is 25.6. The van der Waals surface area contributed by atoms with E-state index < -0.39 is 17.6 Å². The van der Waals surface area contributed by atoms with Crippen molar-refractivity contribution in [3.05, 3.63) is 53.1 Å². The van der Waals surface area contributed by atoms with Gasteiger partial charge in [0.25, 0.3) is 5.91 Å². The van der Waals surface area contributed by atoms with Crippen LogP contribution in [0.3, 0.4) is 0 Å². The van der Waals surface area contributed by atoms with Crippen LogP contribution in [0, 0.1) is 0 Å². The number of carbonyl (C=O) groups is 2. The maximum Gasteiger partial charge on any atom is 0.416 e. The highest BCUT2D eigenvalue weighted by molar-refractivity contribution is 5.97. The maximum absolute atomic E-state index is 12.7. The molecule has 0 radical (unpaired) electrons. The monoisotopic (exact) mass is 495 g/mol. The molecule has 8 nitrogen and oxygen atoms in total. The maximum atomic E-state index is 12.7. The third-order valence-corrected chi connectivity index (χ3v) is 5.74. The minimum absolute atomic E-state index is 0.172. The van der Waals surface area contributed by atoms with Crippen LogP contribution in [0.25, 0.3) is 0 Å². The molecule has 3 rings (SSSR count). The van der Waals surface area contributed by atoms with Crippen LogP contribution in [-0.2, 0) is 17.5 Å². The zero-order valence-electron chi connectivity index (χ0n) is 19.8. The fourth-order valence-electron chi connectivity index (χ4n) is 3.79. The van der Waals surface area contributed by atoms with E-state index in [4.69, 9.17) is 14.2 Å². The molecule has 190 valence electrons. The number of hydrogen-bond donors (Lipinski definition) is 1. The SMILES string of the molecule is COc1cc(C(=O)NCC(=O)N2CCN(Cc3ccc(C(F)(F)F)cc3)CC2)cc(OC)c1OC. The summed E-state index contributed by atoms with van der Waals surface area (Å²) in [5, 5.41) is 2.62. The van der Waals surface area contributed by atoms with Crippen LogP contribution in [0.5, 0.6) is 17.2 Å². The van der Waals surface area contributed by atoms with Gasteiger partial charge in [-0.1, -0.05) is 12.1 Å². The summed E-state index contributed by atoms with van der Waals surface area (Å²) in [4.78, 5) is 28.9. The summed E-state index contributed by atoms with van der Waals surface area (Å²) in [7, 11) is 4.35. The molecule has 1 fully saturated rings. The highest BCUT2D eigenvalue weighted by Gasteiger charge is 2.30. The van der Waals surface area contributed by atoms with Crippen molar-refractivity contribution in [3.8, 4) is 17.2 Å². The summed E-state index contributed by atoms with van der Waals surface area (Å²) in [5.41, 5.74) is 0.356. The molecule has 0 bridgehead atoms. The lowest BCUT2D eigenvalue weighted by molar-refractivity contribution is -0.137. The summed E-state index contributed by atoms with van der Waals surface area (Å²) < 4.78 is 53.9.